The Hall–Kier alpha value is -3.17. The van der Waals surface area contributed by atoms with Gasteiger partial charge in [0.25, 0.3) is 0 Å². The number of hydrogen-bond acceptors (Lipinski definition) is 7. The van der Waals surface area contributed by atoms with Crippen molar-refractivity contribution in [1.29, 1.82) is 0 Å². The Morgan fingerprint density at radius 1 is 1.24 bits per heavy atom. The number of benzene rings is 1. The van der Waals surface area contributed by atoms with Crippen molar-refractivity contribution >= 4 is 40.7 Å². The average molecular weight is 480 g/mol. The van der Waals surface area contributed by atoms with Gasteiger partial charge in [-0.25, -0.2) is 4.98 Å². The van der Waals surface area contributed by atoms with Crippen LogP contribution in [0.3, 0.4) is 0 Å². The van der Waals surface area contributed by atoms with Crippen molar-refractivity contribution in [3.63, 3.8) is 0 Å². The van der Waals surface area contributed by atoms with Crippen LogP contribution in [0, 0.1) is 6.92 Å². The van der Waals surface area contributed by atoms with E-state index < -0.39 is 0 Å². The molecule has 0 fully saturated rings. The summed E-state index contributed by atoms with van der Waals surface area (Å²) in [6.07, 6.45) is 8.06. The number of thioether (sulfide) groups is 1. The topological polar surface area (TPSA) is 81.4 Å². The molecule has 1 N–H and O–H groups in total. The van der Waals surface area contributed by atoms with Crippen molar-refractivity contribution in [2.75, 3.05) is 12.0 Å². The first-order valence-electron chi connectivity index (χ1n) is 10.5. The summed E-state index contributed by atoms with van der Waals surface area (Å²) in [7, 11) is 0. The van der Waals surface area contributed by atoms with E-state index in [2.05, 4.69) is 20.5 Å². The first-order valence-corrected chi connectivity index (χ1v) is 12.8. The maximum Gasteiger partial charge on any atom is 0.244 e. The highest BCUT2D eigenvalue weighted by Crippen LogP contribution is 2.19. The monoisotopic (exact) mass is 479 g/mol. The molecule has 0 saturated heterocycles. The predicted molar refractivity (Wildman–Crippen MR) is 134 cm³/mol. The summed E-state index contributed by atoms with van der Waals surface area (Å²) in [4.78, 5) is 17.1. The number of ether oxygens (including phenoxy) is 1. The Bertz CT molecular complexity index is 1230. The first kappa shape index (κ1) is 23.0. The van der Waals surface area contributed by atoms with Crippen LogP contribution < -0.4 is 10.1 Å². The minimum atomic E-state index is -0.225. The van der Waals surface area contributed by atoms with Gasteiger partial charge >= 0.3 is 0 Å². The molecule has 0 aliphatic rings. The molecule has 170 valence electrons. The SMILES string of the molecule is CSCCC(NC(=O)/C=C/c1ccc(OCc2csc(C)n2)cc1)c1nnc2ccccn12. The summed E-state index contributed by atoms with van der Waals surface area (Å²) in [6.45, 7) is 2.42. The maximum absolute atomic E-state index is 12.7. The van der Waals surface area contributed by atoms with Crippen molar-refractivity contribution in [3.8, 4) is 5.75 Å². The number of rotatable bonds is 10. The van der Waals surface area contributed by atoms with E-state index in [1.807, 2.05) is 71.6 Å². The van der Waals surface area contributed by atoms with Crippen LogP contribution in [-0.4, -0.2) is 37.5 Å². The number of thiazole rings is 1. The van der Waals surface area contributed by atoms with Crippen molar-refractivity contribution in [2.45, 2.75) is 26.0 Å². The van der Waals surface area contributed by atoms with E-state index in [0.717, 1.165) is 45.7 Å². The zero-order valence-electron chi connectivity index (χ0n) is 18.5. The zero-order valence-corrected chi connectivity index (χ0v) is 20.1. The first-order chi connectivity index (χ1) is 16.1. The van der Waals surface area contributed by atoms with Gasteiger partial charge in [-0.15, -0.1) is 21.5 Å². The minimum absolute atomic E-state index is 0.173. The molecule has 0 radical (unpaired) electrons. The van der Waals surface area contributed by atoms with Crippen LogP contribution >= 0.6 is 23.1 Å². The Morgan fingerprint density at radius 3 is 2.85 bits per heavy atom. The second-order valence-electron chi connectivity index (χ2n) is 7.38. The highest BCUT2D eigenvalue weighted by molar-refractivity contribution is 7.98. The third-order valence-electron chi connectivity index (χ3n) is 4.94. The number of aromatic nitrogens is 4. The number of nitrogens with one attached hydrogen (secondary N) is 1. The number of carbonyl (C=O) groups is 1. The van der Waals surface area contributed by atoms with Gasteiger partial charge in [0.05, 0.1) is 16.7 Å². The predicted octanol–water partition coefficient (Wildman–Crippen LogP) is 4.70. The van der Waals surface area contributed by atoms with Gasteiger partial charge in [-0.1, -0.05) is 18.2 Å². The van der Waals surface area contributed by atoms with Crippen molar-refractivity contribution in [2.24, 2.45) is 0 Å². The number of nitrogens with zero attached hydrogens (tertiary/aromatic N) is 4. The molecule has 4 aromatic rings. The molecule has 33 heavy (non-hydrogen) atoms. The highest BCUT2D eigenvalue weighted by Gasteiger charge is 2.19. The van der Waals surface area contributed by atoms with E-state index in [4.69, 9.17) is 4.74 Å². The van der Waals surface area contributed by atoms with Crippen LogP contribution in [0.2, 0.25) is 0 Å². The Labute approximate surface area is 200 Å². The Balaban J connectivity index is 1.37. The number of carbonyl (C=O) groups excluding carboxylic acids is 1. The van der Waals surface area contributed by atoms with Crippen LogP contribution in [-0.2, 0) is 11.4 Å². The van der Waals surface area contributed by atoms with Crippen molar-refractivity contribution in [1.82, 2.24) is 24.9 Å². The van der Waals surface area contributed by atoms with Gasteiger partial charge in [0, 0.05) is 17.7 Å². The molecule has 3 heterocycles. The molecular formula is C24H25N5O2S2. The van der Waals surface area contributed by atoms with Gasteiger partial charge in [0.15, 0.2) is 11.5 Å². The molecule has 9 heteroatoms. The fourth-order valence-electron chi connectivity index (χ4n) is 3.30. The standard InChI is InChI=1S/C24H25N5O2S2/c1-17-25-19(16-33-17)15-31-20-9-6-18(7-10-20)8-11-23(30)26-21(12-14-32-2)24-28-27-22-5-3-4-13-29(22)24/h3-11,13,16,21H,12,14-15H2,1-2H3,(H,26,30)/b11-8+. The molecule has 1 unspecified atom stereocenters. The van der Waals surface area contributed by atoms with E-state index >= 15 is 0 Å². The number of fused-ring (bicyclic) bond motifs is 1. The van der Waals surface area contributed by atoms with Crippen molar-refractivity contribution in [3.05, 3.63) is 82.2 Å². The molecule has 0 spiro atoms. The van der Waals surface area contributed by atoms with E-state index in [0.29, 0.717) is 6.61 Å². The lowest BCUT2D eigenvalue weighted by Gasteiger charge is -2.16. The fraction of sp³-hybridized carbons (Fsp3) is 0.250. The highest BCUT2D eigenvalue weighted by atomic mass is 32.2. The molecule has 7 nitrogen and oxygen atoms in total. The second kappa shape index (κ2) is 11.1. The summed E-state index contributed by atoms with van der Waals surface area (Å²) < 4.78 is 7.69. The molecule has 0 aliphatic carbocycles. The van der Waals surface area contributed by atoms with Gasteiger partial charge in [-0.2, -0.15) is 11.8 Å². The van der Waals surface area contributed by atoms with Gasteiger partial charge in [0.1, 0.15) is 12.4 Å². The molecule has 0 aliphatic heterocycles. The third kappa shape index (κ3) is 6.21. The normalized spacial score (nSPS) is 12.3. The summed E-state index contributed by atoms with van der Waals surface area (Å²) in [6, 6.07) is 13.1. The third-order valence-corrected chi connectivity index (χ3v) is 6.41. The quantitative estimate of drug-likeness (QED) is 0.332. The largest absolute Gasteiger partial charge is 0.487 e. The summed E-state index contributed by atoms with van der Waals surface area (Å²) in [5.74, 6) is 2.22. The summed E-state index contributed by atoms with van der Waals surface area (Å²) >= 11 is 3.34. The molecule has 1 amide bonds. The molecule has 0 saturated carbocycles. The number of hydrogen-bond donors (Lipinski definition) is 1. The number of aryl methyl sites for hydroxylation is 1. The molecular weight excluding hydrogens is 454 g/mol. The molecule has 1 atom stereocenters. The van der Waals surface area contributed by atoms with Crippen LogP contribution in [0.4, 0.5) is 0 Å². The smallest absolute Gasteiger partial charge is 0.244 e. The van der Waals surface area contributed by atoms with E-state index in [9.17, 15) is 4.79 Å². The van der Waals surface area contributed by atoms with Crippen molar-refractivity contribution < 1.29 is 9.53 Å². The Kier molecular flexibility index (Phi) is 7.74. The lowest BCUT2D eigenvalue weighted by molar-refractivity contribution is -0.117. The lowest BCUT2D eigenvalue weighted by atomic mass is 10.2. The van der Waals surface area contributed by atoms with Gasteiger partial charge in [0.2, 0.25) is 5.91 Å². The lowest BCUT2D eigenvalue weighted by Crippen LogP contribution is -2.29. The molecule has 0 bridgehead atoms. The zero-order chi connectivity index (χ0) is 23.0. The van der Waals surface area contributed by atoms with E-state index in [1.165, 1.54) is 0 Å². The molecule has 4 rings (SSSR count). The second-order valence-corrected chi connectivity index (χ2v) is 9.43. The van der Waals surface area contributed by atoms with Gasteiger partial charge in [-0.3, -0.25) is 9.20 Å². The fourth-order valence-corrected chi connectivity index (χ4v) is 4.37. The van der Waals surface area contributed by atoms with E-state index in [-0.39, 0.29) is 11.9 Å². The maximum atomic E-state index is 12.7. The van der Waals surface area contributed by atoms with Gasteiger partial charge in [-0.05, 0) is 61.3 Å². The number of pyridine rings is 1. The van der Waals surface area contributed by atoms with Crippen LogP contribution in [0.5, 0.6) is 5.75 Å². The summed E-state index contributed by atoms with van der Waals surface area (Å²) in [5.41, 5.74) is 2.60. The number of amides is 1. The molecule has 1 aromatic carbocycles. The van der Waals surface area contributed by atoms with Crippen LogP contribution in [0.1, 0.15) is 34.6 Å². The van der Waals surface area contributed by atoms with Crippen LogP contribution in [0.25, 0.3) is 11.7 Å². The van der Waals surface area contributed by atoms with E-state index in [1.54, 1.807) is 35.3 Å². The summed E-state index contributed by atoms with van der Waals surface area (Å²) in [5, 5.41) is 14.6. The van der Waals surface area contributed by atoms with Crippen LogP contribution in [0.15, 0.2) is 60.1 Å². The Morgan fingerprint density at radius 2 is 2.09 bits per heavy atom. The minimum Gasteiger partial charge on any atom is -0.487 e. The van der Waals surface area contributed by atoms with Gasteiger partial charge < -0.3 is 10.1 Å². The molecule has 3 aromatic heterocycles. The average Bonchev–Trinajstić information content (AvgIpc) is 3.46.